The van der Waals surface area contributed by atoms with Gasteiger partial charge in [-0.3, -0.25) is 0 Å². The van der Waals surface area contributed by atoms with Crippen LogP contribution in [-0.4, -0.2) is 34.3 Å². The topological polar surface area (TPSA) is 6.25 Å². The Morgan fingerprint density at radius 2 is 1.81 bits per heavy atom. The Bertz CT molecular complexity index is 563. The van der Waals surface area contributed by atoms with E-state index in [1.807, 2.05) is 12.1 Å². The van der Waals surface area contributed by atoms with Gasteiger partial charge < -0.3 is 4.90 Å². The van der Waals surface area contributed by atoms with E-state index in [4.69, 9.17) is 11.6 Å². The number of nitrogens with zero attached hydrogens (tertiary/aromatic N) is 2. The van der Waals surface area contributed by atoms with Gasteiger partial charge in [0.1, 0.15) is 0 Å². The van der Waals surface area contributed by atoms with E-state index >= 15 is 0 Å². The second kappa shape index (κ2) is 5.84. The summed E-state index contributed by atoms with van der Waals surface area (Å²) in [5, 5.41) is 0.803. The Balaban J connectivity index is 1.78. The van der Waals surface area contributed by atoms with Crippen molar-refractivity contribution in [3.63, 3.8) is 0 Å². The van der Waals surface area contributed by atoms with Gasteiger partial charge in [0.05, 0.1) is 6.42 Å². The summed E-state index contributed by atoms with van der Waals surface area (Å²) in [6.45, 7) is 8.07. The molecule has 0 N–H and O–H groups in total. The molecule has 3 rings (SSSR count). The first-order valence-electron chi connectivity index (χ1n) is 7.85. The molecule has 0 atom stereocenters. The first-order valence-corrected chi connectivity index (χ1v) is 8.23. The second-order valence-corrected chi connectivity index (χ2v) is 7.18. The van der Waals surface area contributed by atoms with E-state index in [-0.39, 0.29) is 5.54 Å². The molecule has 3 heteroatoms. The van der Waals surface area contributed by atoms with Gasteiger partial charge in [0.2, 0.25) is 0 Å². The highest BCUT2D eigenvalue weighted by Crippen LogP contribution is 2.28. The highest BCUT2D eigenvalue weighted by atomic mass is 35.5. The van der Waals surface area contributed by atoms with E-state index in [0.29, 0.717) is 0 Å². The minimum Gasteiger partial charge on any atom is -0.374 e. The van der Waals surface area contributed by atoms with Crippen molar-refractivity contribution < 1.29 is 4.58 Å². The molecule has 112 valence electrons. The van der Waals surface area contributed by atoms with E-state index in [0.717, 1.165) is 18.0 Å². The van der Waals surface area contributed by atoms with Crippen molar-refractivity contribution in [2.24, 2.45) is 0 Å². The van der Waals surface area contributed by atoms with Gasteiger partial charge in [-0.2, -0.15) is 0 Å². The molecule has 0 radical (unpaired) electrons. The quantitative estimate of drug-likeness (QED) is 0.763. The summed E-state index contributed by atoms with van der Waals surface area (Å²) >= 11 is 5.97. The van der Waals surface area contributed by atoms with E-state index < -0.39 is 0 Å². The fourth-order valence-electron chi connectivity index (χ4n) is 3.26. The average molecular weight is 304 g/mol. The zero-order valence-corrected chi connectivity index (χ0v) is 13.7. The molecular formula is C18H24ClN2+. The van der Waals surface area contributed by atoms with Crippen LogP contribution in [0, 0.1) is 0 Å². The first kappa shape index (κ1) is 14.6. The predicted octanol–water partition coefficient (Wildman–Crippen LogP) is 4.09. The van der Waals surface area contributed by atoms with Gasteiger partial charge >= 0.3 is 0 Å². The van der Waals surface area contributed by atoms with Crippen molar-refractivity contribution in [2.45, 2.75) is 45.2 Å². The fraction of sp³-hybridized carbons (Fsp3) is 0.500. The molecule has 1 fully saturated rings. The molecule has 21 heavy (non-hydrogen) atoms. The van der Waals surface area contributed by atoms with Crippen LogP contribution in [0.2, 0.25) is 5.02 Å². The number of allylic oxidation sites excluding steroid dienone is 1. The van der Waals surface area contributed by atoms with Crippen LogP contribution < -0.4 is 0 Å². The van der Waals surface area contributed by atoms with Crippen molar-refractivity contribution in [1.29, 1.82) is 0 Å². The molecule has 0 saturated carbocycles. The lowest BCUT2D eigenvalue weighted by Crippen LogP contribution is -2.41. The van der Waals surface area contributed by atoms with Crippen molar-refractivity contribution in [1.82, 2.24) is 4.90 Å². The standard InChI is InChI=1S/C18H24ClN2/c1-18(2)13-17(20-10-3-4-11-20)9-12-21(18)14-15-5-7-16(19)8-6-15/h5-9,12H,3-4,10-11,13-14H2,1-2H3/q+1. The summed E-state index contributed by atoms with van der Waals surface area (Å²) in [5.74, 6) is 0. The van der Waals surface area contributed by atoms with E-state index in [2.05, 4.69) is 47.7 Å². The van der Waals surface area contributed by atoms with Gasteiger partial charge in [0.25, 0.3) is 0 Å². The largest absolute Gasteiger partial charge is 0.374 e. The molecule has 0 unspecified atom stereocenters. The van der Waals surface area contributed by atoms with Crippen LogP contribution in [0.15, 0.2) is 36.0 Å². The molecule has 2 heterocycles. The van der Waals surface area contributed by atoms with Crippen LogP contribution in [0.25, 0.3) is 0 Å². The van der Waals surface area contributed by atoms with Crippen molar-refractivity contribution in [3.8, 4) is 0 Å². The molecule has 0 bridgehead atoms. The van der Waals surface area contributed by atoms with Crippen molar-refractivity contribution >= 4 is 17.8 Å². The lowest BCUT2D eigenvalue weighted by atomic mass is 9.93. The highest BCUT2D eigenvalue weighted by molar-refractivity contribution is 6.30. The number of likely N-dealkylation sites (tertiary alicyclic amines) is 1. The Morgan fingerprint density at radius 1 is 1.14 bits per heavy atom. The summed E-state index contributed by atoms with van der Waals surface area (Å²) in [6.07, 6.45) is 8.38. The van der Waals surface area contributed by atoms with E-state index in [9.17, 15) is 0 Å². The average Bonchev–Trinajstić information content (AvgIpc) is 2.97. The lowest BCUT2D eigenvalue weighted by molar-refractivity contribution is -0.612. The normalized spacial score (nSPS) is 21.2. The maximum Gasteiger partial charge on any atom is 0.168 e. The summed E-state index contributed by atoms with van der Waals surface area (Å²) in [4.78, 5) is 2.55. The molecule has 0 aliphatic carbocycles. The maximum atomic E-state index is 5.97. The fourth-order valence-corrected chi connectivity index (χ4v) is 3.38. The van der Waals surface area contributed by atoms with E-state index in [1.165, 1.54) is 37.2 Å². The number of hydrogen-bond acceptors (Lipinski definition) is 1. The van der Waals surface area contributed by atoms with Crippen molar-refractivity contribution in [3.05, 3.63) is 46.6 Å². The lowest BCUT2D eigenvalue weighted by Gasteiger charge is -2.31. The SMILES string of the molecule is CC1(C)CC(N2CCCC2)=CC=[N+]1Cc1ccc(Cl)cc1. The summed E-state index contributed by atoms with van der Waals surface area (Å²) < 4.78 is 2.44. The second-order valence-electron chi connectivity index (χ2n) is 6.74. The molecular weight excluding hydrogens is 280 g/mol. The van der Waals surface area contributed by atoms with Gasteiger partial charge in [-0.1, -0.05) is 23.7 Å². The minimum absolute atomic E-state index is 0.159. The molecule has 1 saturated heterocycles. The van der Waals surface area contributed by atoms with Crippen LogP contribution >= 0.6 is 11.6 Å². The summed E-state index contributed by atoms with van der Waals surface area (Å²) in [5.41, 5.74) is 2.97. The van der Waals surface area contributed by atoms with Crippen LogP contribution in [0.5, 0.6) is 0 Å². The number of hydrogen-bond donors (Lipinski definition) is 0. The zero-order valence-electron chi connectivity index (χ0n) is 13.0. The Hall–Kier alpha value is -1.28. The molecule has 2 nitrogen and oxygen atoms in total. The minimum atomic E-state index is 0.159. The Kier molecular flexibility index (Phi) is 4.08. The van der Waals surface area contributed by atoms with Gasteiger partial charge in [0, 0.05) is 49.3 Å². The van der Waals surface area contributed by atoms with Crippen LogP contribution in [0.3, 0.4) is 0 Å². The monoisotopic (exact) mass is 303 g/mol. The third kappa shape index (κ3) is 3.32. The van der Waals surface area contributed by atoms with Gasteiger partial charge in [-0.25, -0.2) is 4.58 Å². The van der Waals surface area contributed by atoms with Gasteiger partial charge in [0.15, 0.2) is 18.3 Å². The smallest absolute Gasteiger partial charge is 0.168 e. The number of halogens is 1. The molecule has 0 spiro atoms. The summed E-state index contributed by atoms with van der Waals surface area (Å²) in [6, 6.07) is 8.18. The van der Waals surface area contributed by atoms with Crippen LogP contribution in [-0.2, 0) is 6.54 Å². The van der Waals surface area contributed by atoms with Gasteiger partial charge in [-0.05, 0) is 25.0 Å². The number of rotatable bonds is 3. The molecule has 2 aliphatic rings. The van der Waals surface area contributed by atoms with E-state index in [1.54, 1.807) is 0 Å². The Morgan fingerprint density at radius 3 is 2.43 bits per heavy atom. The third-order valence-electron chi connectivity index (χ3n) is 4.62. The third-order valence-corrected chi connectivity index (χ3v) is 4.87. The highest BCUT2D eigenvalue weighted by Gasteiger charge is 2.35. The van der Waals surface area contributed by atoms with Gasteiger partial charge in [-0.15, -0.1) is 0 Å². The van der Waals surface area contributed by atoms with Crippen LogP contribution in [0.4, 0.5) is 0 Å². The molecule has 1 aromatic rings. The Labute approximate surface area is 132 Å². The van der Waals surface area contributed by atoms with Crippen molar-refractivity contribution in [2.75, 3.05) is 13.1 Å². The zero-order chi connectivity index (χ0) is 14.9. The molecule has 0 aromatic heterocycles. The number of benzene rings is 1. The predicted molar refractivity (Wildman–Crippen MR) is 89.1 cm³/mol. The molecule has 2 aliphatic heterocycles. The first-order chi connectivity index (χ1) is 10.0. The molecule has 1 aromatic carbocycles. The maximum absolute atomic E-state index is 5.97. The summed E-state index contributed by atoms with van der Waals surface area (Å²) in [7, 11) is 0. The molecule has 0 amide bonds. The van der Waals surface area contributed by atoms with Crippen LogP contribution in [0.1, 0.15) is 38.7 Å².